The first kappa shape index (κ1) is 14.6. The number of amides is 1. The Labute approximate surface area is 122 Å². The second kappa shape index (κ2) is 6.56. The van der Waals surface area contributed by atoms with E-state index in [0.717, 1.165) is 0 Å². The number of Topliss-reactive ketones (excluding diaryl/α,β-unsaturated/α-hetero) is 1. The molecule has 0 aromatic heterocycles. The van der Waals surface area contributed by atoms with Crippen molar-refractivity contribution in [1.82, 2.24) is 0 Å². The third-order valence-electron chi connectivity index (χ3n) is 2.90. The smallest absolute Gasteiger partial charge is 0.248 e. The Kier molecular flexibility index (Phi) is 4.56. The Morgan fingerprint density at radius 3 is 2.33 bits per heavy atom. The number of hydrogen-bond donors (Lipinski definition) is 1. The summed E-state index contributed by atoms with van der Waals surface area (Å²) in [4.78, 5) is 23.1. The first-order chi connectivity index (χ1) is 10.1. The predicted octanol–water partition coefficient (Wildman–Crippen LogP) is 2.06. The number of benzene rings is 2. The van der Waals surface area contributed by atoms with Crippen LogP contribution in [0.5, 0.6) is 11.5 Å². The van der Waals surface area contributed by atoms with E-state index in [4.69, 9.17) is 15.2 Å². The fourth-order valence-electron chi connectivity index (χ4n) is 1.79. The van der Waals surface area contributed by atoms with Crippen molar-refractivity contribution >= 4 is 11.7 Å². The maximum absolute atomic E-state index is 12.0. The Hall–Kier alpha value is -2.82. The van der Waals surface area contributed by atoms with Gasteiger partial charge in [0, 0.05) is 11.1 Å². The molecule has 0 fully saturated rings. The van der Waals surface area contributed by atoms with E-state index in [1.54, 1.807) is 30.3 Å². The minimum atomic E-state index is -0.555. The Balaban J connectivity index is 2.10. The summed E-state index contributed by atoms with van der Waals surface area (Å²) in [5, 5.41) is 0. The van der Waals surface area contributed by atoms with Crippen LogP contribution in [0.2, 0.25) is 0 Å². The quantitative estimate of drug-likeness (QED) is 0.824. The summed E-state index contributed by atoms with van der Waals surface area (Å²) in [5.74, 6) is 0.0378. The van der Waals surface area contributed by atoms with Crippen LogP contribution in [0, 0.1) is 0 Å². The van der Waals surface area contributed by atoms with Crippen LogP contribution in [0.3, 0.4) is 0 Å². The molecule has 0 unspecified atom stereocenters. The summed E-state index contributed by atoms with van der Waals surface area (Å²) in [6, 6.07) is 13.4. The molecule has 2 rings (SSSR count). The molecule has 0 aliphatic rings. The van der Waals surface area contributed by atoms with Crippen LogP contribution in [0.4, 0.5) is 0 Å². The number of primary amides is 1. The van der Waals surface area contributed by atoms with Gasteiger partial charge in [0.1, 0.15) is 0 Å². The van der Waals surface area contributed by atoms with Gasteiger partial charge in [-0.15, -0.1) is 0 Å². The van der Waals surface area contributed by atoms with Gasteiger partial charge in [-0.3, -0.25) is 9.59 Å². The van der Waals surface area contributed by atoms with E-state index < -0.39 is 5.91 Å². The largest absolute Gasteiger partial charge is 0.493 e. The third kappa shape index (κ3) is 3.60. The first-order valence-electron chi connectivity index (χ1n) is 6.30. The lowest BCUT2D eigenvalue weighted by molar-refractivity contribution is 0.0918. The average molecular weight is 285 g/mol. The van der Waals surface area contributed by atoms with Crippen LogP contribution in [0.1, 0.15) is 20.7 Å². The first-order valence-corrected chi connectivity index (χ1v) is 6.30. The highest BCUT2D eigenvalue weighted by Gasteiger charge is 2.11. The van der Waals surface area contributed by atoms with Crippen molar-refractivity contribution in [3.05, 3.63) is 59.7 Å². The van der Waals surface area contributed by atoms with Crippen molar-refractivity contribution in [1.29, 1.82) is 0 Å². The summed E-state index contributed by atoms with van der Waals surface area (Å²) < 4.78 is 10.6. The number of ether oxygens (including phenoxy) is 2. The van der Waals surface area contributed by atoms with Crippen LogP contribution < -0.4 is 15.2 Å². The maximum atomic E-state index is 12.0. The topological polar surface area (TPSA) is 78.6 Å². The SMILES string of the molecule is COc1cc(C(N)=O)ccc1OCC(=O)c1ccccc1. The monoisotopic (exact) mass is 285 g/mol. The van der Waals surface area contributed by atoms with E-state index in [2.05, 4.69) is 0 Å². The minimum absolute atomic E-state index is 0.115. The normalized spacial score (nSPS) is 9.95. The molecule has 0 heterocycles. The number of ketones is 1. The molecule has 5 heteroatoms. The third-order valence-corrected chi connectivity index (χ3v) is 2.90. The van der Waals surface area contributed by atoms with Crippen LogP contribution >= 0.6 is 0 Å². The number of hydrogen-bond acceptors (Lipinski definition) is 4. The van der Waals surface area contributed by atoms with Crippen molar-refractivity contribution in [2.75, 3.05) is 13.7 Å². The van der Waals surface area contributed by atoms with Crippen molar-refractivity contribution < 1.29 is 19.1 Å². The van der Waals surface area contributed by atoms with Gasteiger partial charge in [-0.1, -0.05) is 30.3 Å². The summed E-state index contributed by atoms with van der Waals surface area (Å²) in [6.07, 6.45) is 0. The van der Waals surface area contributed by atoms with E-state index in [9.17, 15) is 9.59 Å². The fourth-order valence-corrected chi connectivity index (χ4v) is 1.79. The lowest BCUT2D eigenvalue weighted by atomic mass is 10.1. The molecule has 0 aliphatic carbocycles. The molecule has 2 aromatic carbocycles. The van der Waals surface area contributed by atoms with Crippen LogP contribution in [0.25, 0.3) is 0 Å². The van der Waals surface area contributed by atoms with Crippen molar-refractivity contribution in [3.8, 4) is 11.5 Å². The van der Waals surface area contributed by atoms with Gasteiger partial charge >= 0.3 is 0 Å². The molecule has 108 valence electrons. The van der Waals surface area contributed by atoms with Gasteiger partial charge in [0.2, 0.25) is 5.91 Å². The molecule has 0 aliphatic heterocycles. The molecule has 2 aromatic rings. The molecule has 0 bridgehead atoms. The zero-order valence-corrected chi connectivity index (χ0v) is 11.5. The van der Waals surface area contributed by atoms with E-state index in [1.807, 2.05) is 6.07 Å². The lowest BCUT2D eigenvalue weighted by Gasteiger charge is -2.11. The highest BCUT2D eigenvalue weighted by atomic mass is 16.5. The lowest BCUT2D eigenvalue weighted by Crippen LogP contribution is -2.13. The Morgan fingerprint density at radius 1 is 1.00 bits per heavy atom. The van der Waals surface area contributed by atoms with E-state index in [1.165, 1.54) is 19.2 Å². The number of carbonyl (C=O) groups excluding carboxylic acids is 2. The van der Waals surface area contributed by atoms with Crippen molar-refractivity contribution in [3.63, 3.8) is 0 Å². The number of nitrogens with two attached hydrogens (primary N) is 1. The molecule has 0 radical (unpaired) electrons. The molecule has 21 heavy (non-hydrogen) atoms. The molecule has 0 saturated heterocycles. The number of carbonyl (C=O) groups is 2. The van der Waals surface area contributed by atoms with E-state index in [-0.39, 0.29) is 12.4 Å². The van der Waals surface area contributed by atoms with Gasteiger partial charge in [0.15, 0.2) is 23.9 Å². The fraction of sp³-hybridized carbons (Fsp3) is 0.125. The highest BCUT2D eigenvalue weighted by Crippen LogP contribution is 2.28. The van der Waals surface area contributed by atoms with Gasteiger partial charge in [-0.25, -0.2) is 0 Å². The summed E-state index contributed by atoms with van der Waals surface area (Å²) in [5.41, 5.74) is 6.08. The van der Waals surface area contributed by atoms with Gasteiger partial charge in [-0.05, 0) is 18.2 Å². The van der Waals surface area contributed by atoms with Gasteiger partial charge < -0.3 is 15.2 Å². The molecule has 0 saturated carbocycles. The predicted molar refractivity (Wildman–Crippen MR) is 77.8 cm³/mol. The van der Waals surface area contributed by atoms with Gasteiger partial charge in [-0.2, -0.15) is 0 Å². The van der Waals surface area contributed by atoms with Gasteiger partial charge in [0.05, 0.1) is 7.11 Å². The van der Waals surface area contributed by atoms with Gasteiger partial charge in [0.25, 0.3) is 0 Å². The standard InChI is InChI=1S/C16H15NO4/c1-20-15-9-12(16(17)19)7-8-14(15)21-10-13(18)11-5-3-2-4-6-11/h2-9H,10H2,1H3,(H2,17,19). The maximum Gasteiger partial charge on any atom is 0.248 e. The average Bonchev–Trinajstić information content (AvgIpc) is 2.53. The molecule has 1 amide bonds. The van der Waals surface area contributed by atoms with Crippen LogP contribution in [0.15, 0.2) is 48.5 Å². The Morgan fingerprint density at radius 2 is 1.71 bits per heavy atom. The Bertz CT molecular complexity index is 653. The molecule has 2 N–H and O–H groups in total. The zero-order chi connectivity index (χ0) is 15.2. The van der Waals surface area contributed by atoms with Crippen molar-refractivity contribution in [2.24, 2.45) is 5.73 Å². The van der Waals surface area contributed by atoms with E-state index >= 15 is 0 Å². The molecular weight excluding hydrogens is 270 g/mol. The highest BCUT2D eigenvalue weighted by molar-refractivity contribution is 5.97. The molecule has 5 nitrogen and oxygen atoms in total. The zero-order valence-electron chi connectivity index (χ0n) is 11.5. The van der Waals surface area contributed by atoms with Crippen LogP contribution in [-0.4, -0.2) is 25.4 Å². The molecular formula is C16H15NO4. The number of methoxy groups -OCH3 is 1. The van der Waals surface area contributed by atoms with E-state index in [0.29, 0.717) is 22.6 Å². The summed E-state index contributed by atoms with van der Waals surface area (Å²) in [7, 11) is 1.45. The summed E-state index contributed by atoms with van der Waals surface area (Å²) >= 11 is 0. The van der Waals surface area contributed by atoms with Crippen molar-refractivity contribution in [2.45, 2.75) is 0 Å². The summed E-state index contributed by atoms with van der Waals surface area (Å²) in [6.45, 7) is -0.115. The number of rotatable bonds is 6. The second-order valence-corrected chi connectivity index (χ2v) is 4.31. The second-order valence-electron chi connectivity index (χ2n) is 4.31. The molecule has 0 atom stereocenters. The van der Waals surface area contributed by atoms with Crippen LogP contribution in [-0.2, 0) is 0 Å². The molecule has 0 spiro atoms. The minimum Gasteiger partial charge on any atom is -0.493 e.